The maximum Gasteiger partial charge on any atom is 0.309 e. The summed E-state index contributed by atoms with van der Waals surface area (Å²) in [6.45, 7) is 5.50. The maximum absolute atomic E-state index is 11.7. The van der Waals surface area contributed by atoms with Gasteiger partial charge in [-0.25, -0.2) is 9.97 Å². The minimum atomic E-state index is -0.484. The van der Waals surface area contributed by atoms with Gasteiger partial charge in [-0.3, -0.25) is 4.79 Å². The molecule has 0 radical (unpaired) electrons. The lowest BCUT2D eigenvalue weighted by molar-refractivity contribution is -0.157. The van der Waals surface area contributed by atoms with Gasteiger partial charge >= 0.3 is 5.97 Å². The third kappa shape index (κ3) is 4.91. The molecule has 0 aliphatic heterocycles. The molecule has 1 heterocycles. The van der Waals surface area contributed by atoms with Gasteiger partial charge in [-0.15, -0.1) is 0 Å². The molecule has 0 aliphatic carbocycles. The van der Waals surface area contributed by atoms with Crippen molar-refractivity contribution in [3.63, 3.8) is 0 Å². The van der Waals surface area contributed by atoms with Gasteiger partial charge in [0.25, 0.3) is 0 Å². The molecule has 1 aromatic rings. The number of rotatable bonds is 4. The summed E-state index contributed by atoms with van der Waals surface area (Å²) in [6, 6.07) is 0. The molecule has 94 valence electrons. The van der Waals surface area contributed by atoms with Gasteiger partial charge in [-0.1, -0.05) is 0 Å². The van der Waals surface area contributed by atoms with Crippen molar-refractivity contribution in [3.05, 3.63) is 24.3 Å². The van der Waals surface area contributed by atoms with Crippen LogP contribution in [-0.2, 0) is 14.3 Å². The van der Waals surface area contributed by atoms with E-state index >= 15 is 0 Å². The smallest absolute Gasteiger partial charge is 0.309 e. The van der Waals surface area contributed by atoms with Crippen molar-refractivity contribution in [2.24, 2.45) is 0 Å². The van der Waals surface area contributed by atoms with Crippen molar-refractivity contribution in [3.8, 4) is 0 Å². The van der Waals surface area contributed by atoms with E-state index in [9.17, 15) is 4.79 Å². The molecule has 1 atom stereocenters. The Labute approximate surface area is 101 Å². The van der Waals surface area contributed by atoms with Crippen LogP contribution >= 0.6 is 0 Å². The van der Waals surface area contributed by atoms with Crippen LogP contribution in [0.3, 0.4) is 0 Å². The molecule has 5 heteroatoms. The Morgan fingerprint density at radius 2 is 1.94 bits per heavy atom. The van der Waals surface area contributed by atoms with Crippen LogP contribution in [0.5, 0.6) is 0 Å². The second-order valence-corrected chi connectivity index (χ2v) is 4.69. The zero-order chi connectivity index (χ0) is 12.9. The van der Waals surface area contributed by atoms with Gasteiger partial charge in [-0.2, -0.15) is 0 Å². The zero-order valence-corrected chi connectivity index (χ0v) is 10.6. The van der Waals surface area contributed by atoms with E-state index in [2.05, 4.69) is 9.97 Å². The quantitative estimate of drug-likeness (QED) is 0.750. The molecule has 1 rings (SSSR count). The van der Waals surface area contributed by atoms with E-state index in [1.807, 2.05) is 20.8 Å². The first-order valence-electron chi connectivity index (χ1n) is 5.42. The second kappa shape index (κ2) is 5.72. The fourth-order valence-electron chi connectivity index (χ4n) is 1.35. The van der Waals surface area contributed by atoms with Gasteiger partial charge in [0.1, 0.15) is 11.9 Å². The van der Waals surface area contributed by atoms with Crippen LogP contribution in [0.15, 0.2) is 18.7 Å². The molecule has 5 nitrogen and oxygen atoms in total. The van der Waals surface area contributed by atoms with Gasteiger partial charge in [0.2, 0.25) is 0 Å². The van der Waals surface area contributed by atoms with E-state index in [-0.39, 0.29) is 18.5 Å². The molecule has 17 heavy (non-hydrogen) atoms. The molecule has 0 bridgehead atoms. The molecule has 1 unspecified atom stereocenters. The summed E-state index contributed by atoms with van der Waals surface area (Å²) in [6.07, 6.45) is 4.48. The number of carbonyl (C=O) groups excluding carboxylic acids is 1. The SMILES string of the molecule is COC(CC(=O)OC(C)(C)C)c1cncnc1. The Hall–Kier alpha value is -1.49. The van der Waals surface area contributed by atoms with Crippen molar-refractivity contribution in [2.45, 2.75) is 38.9 Å². The molecule has 0 aliphatic rings. The largest absolute Gasteiger partial charge is 0.460 e. The molecule has 1 aromatic heterocycles. The Balaban J connectivity index is 2.62. The molecule has 0 fully saturated rings. The van der Waals surface area contributed by atoms with Crippen LogP contribution in [0.2, 0.25) is 0 Å². The van der Waals surface area contributed by atoms with E-state index in [1.165, 1.54) is 6.33 Å². The van der Waals surface area contributed by atoms with E-state index < -0.39 is 5.60 Å². The summed E-state index contributed by atoms with van der Waals surface area (Å²) in [5.74, 6) is -0.298. The summed E-state index contributed by atoms with van der Waals surface area (Å²) in [5, 5.41) is 0. The van der Waals surface area contributed by atoms with E-state index in [0.717, 1.165) is 5.56 Å². The molecule has 0 amide bonds. The van der Waals surface area contributed by atoms with Crippen LogP contribution in [-0.4, -0.2) is 28.6 Å². The Kier molecular flexibility index (Phi) is 4.57. The summed E-state index contributed by atoms with van der Waals surface area (Å²) in [4.78, 5) is 19.4. The number of esters is 1. The molecular formula is C12H18N2O3. The lowest BCUT2D eigenvalue weighted by Crippen LogP contribution is -2.25. The van der Waals surface area contributed by atoms with Gasteiger partial charge in [0.15, 0.2) is 0 Å². The summed E-state index contributed by atoms with van der Waals surface area (Å²) < 4.78 is 10.5. The molecule has 0 N–H and O–H groups in total. The second-order valence-electron chi connectivity index (χ2n) is 4.69. The Morgan fingerprint density at radius 3 is 2.41 bits per heavy atom. The van der Waals surface area contributed by atoms with Crippen LogP contribution < -0.4 is 0 Å². The van der Waals surface area contributed by atoms with E-state index in [4.69, 9.17) is 9.47 Å². The summed E-state index contributed by atoms with van der Waals surface area (Å²) in [7, 11) is 1.54. The molecule has 0 saturated carbocycles. The average molecular weight is 238 g/mol. The topological polar surface area (TPSA) is 61.3 Å². The first-order valence-corrected chi connectivity index (χ1v) is 5.42. The monoisotopic (exact) mass is 238 g/mol. The fraction of sp³-hybridized carbons (Fsp3) is 0.583. The maximum atomic E-state index is 11.7. The third-order valence-corrected chi connectivity index (χ3v) is 2.01. The lowest BCUT2D eigenvalue weighted by atomic mass is 10.1. The lowest BCUT2D eigenvalue weighted by Gasteiger charge is -2.21. The third-order valence-electron chi connectivity index (χ3n) is 2.01. The number of hydrogen-bond donors (Lipinski definition) is 0. The highest BCUT2D eigenvalue weighted by molar-refractivity contribution is 5.70. The Morgan fingerprint density at radius 1 is 1.35 bits per heavy atom. The molecule has 0 spiro atoms. The van der Waals surface area contributed by atoms with E-state index in [0.29, 0.717) is 0 Å². The van der Waals surface area contributed by atoms with E-state index in [1.54, 1.807) is 19.5 Å². The minimum Gasteiger partial charge on any atom is -0.460 e. The van der Waals surface area contributed by atoms with Gasteiger partial charge in [0.05, 0.1) is 12.5 Å². The highest BCUT2D eigenvalue weighted by Gasteiger charge is 2.21. The highest BCUT2D eigenvalue weighted by Crippen LogP contribution is 2.20. The number of methoxy groups -OCH3 is 1. The Bertz CT molecular complexity index is 360. The number of aromatic nitrogens is 2. The van der Waals surface area contributed by atoms with Crippen LogP contribution in [0.4, 0.5) is 0 Å². The molecule has 0 saturated heterocycles. The highest BCUT2D eigenvalue weighted by atomic mass is 16.6. The normalized spacial score (nSPS) is 13.2. The minimum absolute atomic E-state index is 0.154. The predicted octanol–water partition coefficient (Wildman–Crippen LogP) is 1.90. The predicted molar refractivity (Wildman–Crippen MR) is 62.2 cm³/mol. The fourth-order valence-corrected chi connectivity index (χ4v) is 1.35. The van der Waals surface area contributed by atoms with Crippen molar-refractivity contribution in [1.82, 2.24) is 9.97 Å². The number of hydrogen-bond acceptors (Lipinski definition) is 5. The van der Waals surface area contributed by atoms with Gasteiger partial charge in [-0.05, 0) is 20.8 Å². The van der Waals surface area contributed by atoms with Gasteiger partial charge in [0, 0.05) is 25.1 Å². The first-order chi connectivity index (χ1) is 7.92. The van der Waals surface area contributed by atoms with Crippen LogP contribution in [0, 0.1) is 0 Å². The standard InChI is InChI=1S/C12H18N2O3/c1-12(2,3)17-11(15)5-10(16-4)9-6-13-8-14-7-9/h6-8,10H,5H2,1-4H3. The average Bonchev–Trinajstić information content (AvgIpc) is 2.24. The molecule has 0 aromatic carbocycles. The number of carbonyl (C=O) groups is 1. The van der Waals surface area contributed by atoms with Crippen molar-refractivity contribution < 1.29 is 14.3 Å². The summed E-state index contributed by atoms with van der Waals surface area (Å²) >= 11 is 0. The molecular weight excluding hydrogens is 220 g/mol. The van der Waals surface area contributed by atoms with Gasteiger partial charge < -0.3 is 9.47 Å². The number of ether oxygens (including phenoxy) is 2. The first kappa shape index (κ1) is 13.6. The summed E-state index contributed by atoms with van der Waals surface area (Å²) in [5.41, 5.74) is 0.281. The van der Waals surface area contributed by atoms with Crippen molar-refractivity contribution in [1.29, 1.82) is 0 Å². The van der Waals surface area contributed by atoms with Crippen LogP contribution in [0.1, 0.15) is 38.9 Å². The van der Waals surface area contributed by atoms with Crippen LogP contribution in [0.25, 0.3) is 0 Å². The number of nitrogens with zero attached hydrogens (tertiary/aromatic N) is 2. The van der Waals surface area contributed by atoms with Crippen molar-refractivity contribution in [2.75, 3.05) is 7.11 Å². The zero-order valence-electron chi connectivity index (χ0n) is 10.6. The van der Waals surface area contributed by atoms with Crippen molar-refractivity contribution >= 4 is 5.97 Å².